The number of rotatable bonds is 3. The van der Waals surface area contributed by atoms with Crippen molar-refractivity contribution in [3.05, 3.63) is 33.8 Å². The molecule has 1 aliphatic heterocycles. The molecule has 5 nitrogen and oxygen atoms in total. The lowest BCUT2D eigenvalue weighted by Gasteiger charge is -2.25. The van der Waals surface area contributed by atoms with Crippen LogP contribution in [-0.2, 0) is 9.53 Å². The van der Waals surface area contributed by atoms with E-state index in [-0.39, 0.29) is 28.8 Å². The summed E-state index contributed by atoms with van der Waals surface area (Å²) in [7, 11) is 0. The highest BCUT2D eigenvalue weighted by atomic mass is 35.5. The molecule has 20 heavy (non-hydrogen) atoms. The smallest absolute Gasteiger partial charge is 0.313 e. The van der Waals surface area contributed by atoms with Crippen molar-refractivity contribution in [2.75, 3.05) is 13.2 Å². The molecule has 2 unspecified atom stereocenters. The number of carbonyl (C=O) groups is 2. The maximum atomic E-state index is 12.2. The minimum absolute atomic E-state index is 0.0521. The minimum Gasteiger partial charge on any atom is -0.481 e. The summed E-state index contributed by atoms with van der Waals surface area (Å²) >= 11 is 11.8. The van der Waals surface area contributed by atoms with Crippen LogP contribution in [0.4, 0.5) is 0 Å². The molecule has 0 bridgehead atoms. The molecule has 2 atom stereocenters. The highest BCUT2D eigenvalue weighted by Crippen LogP contribution is 2.30. The molecule has 2 rings (SSSR count). The Morgan fingerprint density at radius 3 is 2.80 bits per heavy atom. The van der Waals surface area contributed by atoms with Gasteiger partial charge in [-0.05, 0) is 19.1 Å². The zero-order valence-electron chi connectivity index (χ0n) is 10.7. The van der Waals surface area contributed by atoms with E-state index in [0.717, 1.165) is 0 Å². The number of aliphatic carboxylic acids is 1. The number of carboxylic acids is 1. The van der Waals surface area contributed by atoms with Gasteiger partial charge in [0.15, 0.2) is 0 Å². The SMILES string of the molecule is CC1(C(=O)O)COCC1NC(=O)c1cccc(Cl)c1Cl. The number of hydrogen-bond donors (Lipinski definition) is 2. The molecule has 1 aromatic rings. The Bertz CT molecular complexity index is 563. The Kier molecular flexibility index (Phi) is 4.22. The molecule has 0 aromatic heterocycles. The third-order valence-corrected chi connectivity index (χ3v) is 4.26. The van der Waals surface area contributed by atoms with E-state index < -0.39 is 23.3 Å². The number of nitrogens with one attached hydrogen (secondary N) is 1. The van der Waals surface area contributed by atoms with Crippen molar-refractivity contribution < 1.29 is 19.4 Å². The number of carbonyl (C=O) groups excluding carboxylic acids is 1. The zero-order valence-corrected chi connectivity index (χ0v) is 12.2. The second kappa shape index (κ2) is 5.60. The molecule has 1 fully saturated rings. The fourth-order valence-corrected chi connectivity index (χ4v) is 2.39. The summed E-state index contributed by atoms with van der Waals surface area (Å²) in [6.07, 6.45) is 0. The molecule has 1 amide bonds. The summed E-state index contributed by atoms with van der Waals surface area (Å²) in [6, 6.07) is 4.07. The van der Waals surface area contributed by atoms with Gasteiger partial charge in [0.1, 0.15) is 5.41 Å². The van der Waals surface area contributed by atoms with Crippen LogP contribution >= 0.6 is 23.2 Å². The first-order valence-electron chi connectivity index (χ1n) is 5.92. The maximum absolute atomic E-state index is 12.2. The van der Waals surface area contributed by atoms with Gasteiger partial charge in [0.25, 0.3) is 5.91 Å². The molecule has 0 spiro atoms. The van der Waals surface area contributed by atoms with Crippen LogP contribution in [0.15, 0.2) is 18.2 Å². The van der Waals surface area contributed by atoms with Crippen molar-refractivity contribution in [2.24, 2.45) is 5.41 Å². The first kappa shape index (κ1) is 15.1. The normalized spacial score (nSPS) is 25.4. The van der Waals surface area contributed by atoms with Gasteiger partial charge in [-0.25, -0.2) is 0 Å². The number of hydrogen-bond acceptors (Lipinski definition) is 3. The van der Waals surface area contributed by atoms with Crippen LogP contribution in [-0.4, -0.2) is 36.2 Å². The molecular weight excluding hydrogens is 305 g/mol. The van der Waals surface area contributed by atoms with Gasteiger partial charge >= 0.3 is 5.97 Å². The van der Waals surface area contributed by atoms with Gasteiger partial charge in [-0.1, -0.05) is 29.3 Å². The van der Waals surface area contributed by atoms with E-state index in [4.69, 9.17) is 27.9 Å². The summed E-state index contributed by atoms with van der Waals surface area (Å²) < 4.78 is 5.17. The Labute approximate surface area is 125 Å². The lowest BCUT2D eigenvalue weighted by molar-refractivity contribution is -0.148. The van der Waals surface area contributed by atoms with Crippen LogP contribution in [0.5, 0.6) is 0 Å². The fraction of sp³-hybridized carbons (Fsp3) is 0.385. The first-order valence-corrected chi connectivity index (χ1v) is 6.68. The van der Waals surface area contributed by atoms with Crippen molar-refractivity contribution >= 4 is 35.1 Å². The van der Waals surface area contributed by atoms with Gasteiger partial charge in [-0.3, -0.25) is 9.59 Å². The Morgan fingerprint density at radius 1 is 1.45 bits per heavy atom. The summed E-state index contributed by atoms with van der Waals surface area (Å²) in [6.45, 7) is 1.73. The number of benzene rings is 1. The number of halogens is 2. The van der Waals surface area contributed by atoms with E-state index in [1.165, 1.54) is 13.0 Å². The van der Waals surface area contributed by atoms with Crippen molar-refractivity contribution in [3.63, 3.8) is 0 Å². The maximum Gasteiger partial charge on any atom is 0.313 e. The van der Waals surface area contributed by atoms with Crippen LogP contribution in [0.1, 0.15) is 17.3 Å². The molecule has 1 aromatic carbocycles. The van der Waals surface area contributed by atoms with E-state index in [0.29, 0.717) is 0 Å². The topological polar surface area (TPSA) is 75.6 Å². The van der Waals surface area contributed by atoms with Gasteiger partial charge < -0.3 is 15.2 Å². The van der Waals surface area contributed by atoms with Gasteiger partial charge in [0.2, 0.25) is 0 Å². The van der Waals surface area contributed by atoms with Crippen LogP contribution in [0.25, 0.3) is 0 Å². The predicted molar refractivity (Wildman–Crippen MR) is 74.3 cm³/mol. The number of ether oxygens (including phenoxy) is 1. The van der Waals surface area contributed by atoms with E-state index >= 15 is 0 Å². The van der Waals surface area contributed by atoms with Crippen molar-refractivity contribution in [1.29, 1.82) is 0 Å². The summed E-state index contributed by atoms with van der Waals surface area (Å²) in [5.74, 6) is -1.49. The Morgan fingerprint density at radius 2 is 2.15 bits per heavy atom. The highest BCUT2D eigenvalue weighted by Gasteiger charge is 2.47. The predicted octanol–water partition coefficient (Wildman–Crippen LogP) is 2.21. The number of amides is 1. The second-order valence-electron chi connectivity index (χ2n) is 4.87. The van der Waals surface area contributed by atoms with Crippen LogP contribution in [0.3, 0.4) is 0 Å². The molecule has 2 N–H and O–H groups in total. The van der Waals surface area contributed by atoms with E-state index in [9.17, 15) is 14.7 Å². The van der Waals surface area contributed by atoms with Gasteiger partial charge in [0, 0.05) is 0 Å². The molecule has 7 heteroatoms. The summed E-state index contributed by atoms with van der Waals surface area (Å²) in [4.78, 5) is 23.5. The van der Waals surface area contributed by atoms with E-state index in [1.54, 1.807) is 12.1 Å². The van der Waals surface area contributed by atoms with Crippen LogP contribution in [0, 0.1) is 5.41 Å². The molecule has 1 heterocycles. The first-order chi connectivity index (χ1) is 9.36. The average molecular weight is 318 g/mol. The highest BCUT2D eigenvalue weighted by molar-refractivity contribution is 6.43. The van der Waals surface area contributed by atoms with Crippen molar-refractivity contribution in [2.45, 2.75) is 13.0 Å². The third kappa shape index (κ3) is 2.61. The van der Waals surface area contributed by atoms with Gasteiger partial charge in [-0.15, -0.1) is 0 Å². The Balaban J connectivity index is 2.20. The Hall–Kier alpha value is -1.30. The second-order valence-corrected chi connectivity index (χ2v) is 5.65. The molecule has 108 valence electrons. The average Bonchev–Trinajstić information content (AvgIpc) is 2.75. The fourth-order valence-electron chi connectivity index (χ4n) is 2.00. The minimum atomic E-state index is -1.15. The third-order valence-electron chi connectivity index (χ3n) is 3.45. The van der Waals surface area contributed by atoms with E-state index in [1.807, 2.05) is 0 Å². The van der Waals surface area contributed by atoms with E-state index in [2.05, 4.69) is 5.32 Å². The van der Waals surface area contributed by atoms with Gasteiger partial charge in [0.05, 0.1) is 34.9 Å². The molecular formula is C13H13Cl2NO4. The number of carboxylic acid groups (broad SMARTS) is 1. The van der Waals surface area contributed by atoms with Crippen molar-refractivity contribution in [1.82, 2.24) is 5.32 Å². The van der Waals surface area contributed by atoms with Crippen LogP contribution < -0.4 is 5.32 Å². The lowest BCUT2D eigenvalue weighted by atomic mass is 9.85. The molecule has 0 saturated carbocycles. The van der Waals surface area contributed by atoms with Crippen LogP contribution in [0.2, 0.25) is 10.0 Å². The molecule has 0 radical (unpaired) electrons. The molecule has 0 aliphatic carbocycles. The standard InChI is InChI=1S/C13H13Cl2NO4/c1-13(12(18)19)6-20-5-9(13)16-11(17)7-3-2-4-8(14)10(7)15/h2-4,9H,5-6H2,1H3,(H,16,17)(H,18,19). The summed E-state index contributed by atoms with van der Waals surface area (Å²) in [5, 5.41) is 12.3. The molecule has 1 aliphatic rings. The monoisotopic (exact) mass is 317 g/mol. The molecule has 1 saturated heterocycles. The van der Waals surface area contributed by atoms with Crippen molar-refractivity contribution in [3.8, 4) is 0 Å². The zero-order chi connectivity index (χ0) is 14.9. The quantitative estimate of drug-likeness (QED) is 0.896. The largest absolute Gasteiger partial charge is 0.481 e. The van der Waals surface area contributed by atoms with Gasteiger partial charge in [-0.2, -0.15) is 0 Å². The lowest BCUT2D eigenvalue weighted by Crippen LogP contribution is -2.49. The summed E-state index contributed by atoms with van der Waals surface area (Å²) in [5.41, 5.74) is -0.945.